The lowest BCUT2D eigenvalue weighted by molar-refractivity contribution is -0.134. The molecule has 2 amide bonds. The van der Waals surface area contributed by atoms with Crippen molar-refractivity contribution in [2.24, 2.45) is 4.99 Å². The van der Waals surface area contributed by atoms with E-state index in [4.69, 9.17) is 16.3 Å². The number of benzene rings is 3. The number of hydrogen-bond acceptors (Lipinski definition) is 6. The lowest BCUT2D eigenvalue weighted by Gasteiger charge is -2.19. The van der Waals surface area contributed by atoms with E-state index in [0.29, 0.717) is 22.0 Å². The molecule has 0 aliphatic carbocycles. The summed E-state index contributed by atoms with van der Waals surface area (Å²) in [4.78, 5) is 37.1. The summed E-state index contributed by atoms with van der Waals surface area (Å²) in [6, 6.07) is 21.1. The smallest absolute Gasteiger partial charge is 0.297 e. The fourth-order valence-corrected chi connectivity index (χ4v) is 4.31. The maximum absolute atomic E-state index is 13.9. The Morgan fingerprint density at radius 1 is 1.10 bits per heavy atom. The molecule has 2 heterocycles. The van der Waals surface area contributed by atoms with E-state index < -0.39 is 24.2 Å². The van der Waals surface area contributed by atoms with Crippen LogP contribution >= 0.6 is 11.6 Å². The molecule has 4 aromatic rings. The van der Waals surface area contributed by atoms with Crippen LogP contribution in [0.15, 0.2) is 83.5 Å². The standard InChI is InChI=1S/C30H25ClFN5O3/c1-18-13-28(33-25-16-23(31)24(32)15-22(18)25)40-17-27(38)35-37-29(20-7-5-4-6-8-20)34-26(30(37)39)14-19-9-11-21(12-10-19)36(2)3/h4-16H,17H2,1-3H3,(H,35,38). The molecule has 5 rings (SSSR count). The fraction of sp³-hybridized carbons (Fsp3) is 0.133. The van der Waals surface area contributed by atoms with E-state index in [9.17, 15) is 14.0 Å². The molecule has 1 aliphatic rings. The summed E-state index contributed by atoms with van der Waals surface area (Å²) >= 11 is 5.90. The van der Waals surface area contributed by atoms with Crippen LogP contribution in [0.3, 0.4) is 0 Å². The van der Waals surface area contributed by atoms with E-state index in [-0.39, 0.29) is 22.4 Å². The van der Waals surface area contributed by atoms with Crippen LogP contribution in [0.1, 0.15) is 16.7 Å². The van der Waals surface area contributed by atoms with Crippen molar-refractivity contribution in [2.45, 2.75) is 6.92 Å². The Balaban J connectivity index is 1.35. The average Bonchev–Trinajstić information content (AvgIpc) is 3.24. The second kappa shape index (κ2) is 11.2. The van der Waals surface area contributed by atoms with Crippen molar-refractivity contribution in [1.82, 2.24) is 15.4 Å². The summed E-state index contributed by atoms with van der Waals surface area (Å²) in [6.45, 7) is 1.35. The molecule has 0 unspecified atom stereocenters. The molecule has 1 aliphatic heterocycles. The third-order valence-electron chi connectivity index (χ3n) is 6.23. The van der Waals surface area contributed by atoms with Gasteiger partial charge in [0.1, 0.15) is 11.5 Å². The van der Waals surface area contributed by atoms with Crippen molar-refractivity contribution in [2.75, 3.05) is 25.6 Å². The maximum Gasteiger partial charge on any atom is 0.297 e. The largest absolute Gasteiger partial charge is 0.467 e. The van der Waals surface area contributed by atoms with Gasteiger partial charge < -0.3 is 9.64 Å². The summed E-state index contributed by atoms with van der Waals surface area (Å²) < 4.78 is 19.5. The number of aromatic nitrogens is 1. The molecule has 8 nitrogen and oxygen atoms in total. The van der Waals surface area contributed by atoms with Gasteiger partial charge in [0, 0.05) is 36.8 Å². The van der Waals surface area contributed by atoms with Crippen LogP contribution in [0, 0.1) is 12.7 Å². The quantitative estimate of drug-likeness (QED) is 0.318. The van der Waals surface area contributed by atoms with Crippen LogP contribution in [0.25, 0.3) is 17.0 Å². The molecule has 1 aromatic heterocycles. The van der Waals surface area contributed by atoms with Gasteiger partial charge in [-0.25, -0.2) is 14.4 Å². The monoisotopic (exact) mass is 557 g/mol. The third kappa shape index (κ3) is 5.64. The van der Waals surface area contributed by atoms with Crippen molar-refractivity contribution in [3.05, 3.63) is 106 Å². The van der Waals surface area contributed by atoms with E-state index in [1.54, 1.807) is 31.2 Å². The number of carbonyl (C=O) groups excluding carboxylic acids is 2. The van der Waals surface area contributed by atoms with E-state index in [0.717, 1.165) is 16.3 Å². The Bertz CT molecular complexity index is 1670. The van der Waals surface area contributed by atoms with Gasteiger partial charge in [-0.1, -0.05) is 54.1 Å². The number of ether oxygens (including phenoxy) is 1. The second-order valence-electron chi connectivity index (χ2n) is 9.34. The Labute approximate surface area is 235 Å². The lowest BCUT2D eigenvalue weighted by atomic mass is 10.1. The summed E-state index contributed by atoms with van der Waals surface area (Å²) in [7, 11) is 3.89. The predicted octanol–water partition coefficient (Wildman–Crippen LogP) is 5.14. The molecular weight excluding hydrogens is 533 g/mol. The molecule has 0 spiro atoms. The Kier molecular flexibility index (Phi) is 7.48. The molecule has 0 saturated carbocycles. The molecular formula is C30H25ClFN5O3. The van der Waals surface area contributed by atoms with Crippen molar-refractivity contribution < 1.29 is 18.7 Å². The summed E-state index contributed by atoms with van der Waals surface area (Å²) in [5.41, 5.74) is 6.38. The van der Waals surface area contributed by atoms with Crippen molar-refractivity contribution in [3.63, 3.8) is 0 Å². The molecule has 10 heteroatoms. The molecule has 0 radical (unpaired) electrons. The van der Waals surface area contributed by atoms with Crippen LogP contribution in [0.2, 0.25) is 5.02 Å². The number of nitrogens with one attached hydrogen (secondary N) is 1. The van der Waals surface area contributed by atoms with Gasteiger partial charge >= 0.3 is 0 Å². The average molecular weight is 558 g/mol. The van der Waals surface area contributed by atoms with Crippen molar-refractivity contribution in [1.29, 1.82) is 0 Å². The highest BCUT2D eigenvalue weighted by atomic mass is 35.5. The van der Waals surface area contributed by atoms with E-state index in [1.165, 1.54) is 12.1 Å². The van der Waals surface area contributed by atoms with Gasteiger partial charge in [0.15, 0.2) is 12.4 Å². The minimum Gasteiger partial charge on any atom is -0.467 e. The number of fused-ring (bicyclic) bond motifs is 1. The number of anilines is 1. The SMILES string of the molecule is Cc1cc(OCC(=O)NN2C(=O)C(=Cc3ccc(N(C)C)cc3)N=C2c2ccccc2)nc2cc(Cl)c(F)cc12. The van der Waals surface area contributed by atoms with Gasteiger partial charge in [-0.3, -0.25) is 15.0 Å². The number of nitrogens with zero attached hydrogens (tertiary/aromatic N) is 4. The van der Waals surface area contributed by atoms with Crippen LogP contribution in [-0.2, 0) is 9.59 Å². The predicted molar refractivity (Wildman–Crippen MR) is 154 cm³/mol. The Morgan fingerprint density at radius 3 is 2.52 bits per heavy atom. The molecule has 0 atom stereocenters. The van der Waals surface area contributed by atoms with E-state index >= 15 is 0 Å². The Morgan fingerprint density at radius 2 is 1.82 bits per heavy atom. The van der Waals surface area contributed by atoms with Crippen LogP contribution in [-0.4, -0.2) is 48.3 Å². The summed E-state index contributed by atoms with van der Waals surface area (Å²) in [6.07, 6.45) is 1.67. The second-order valence-corrected chi connectivity index (χ2v) is 9.75. The van der Waals surface area contributed by atoms with Gasteiger partial charge in [0.05, 0.1) is 10.5 Å². The number of amidine groups is 1. The summed E-state index contributed by atoms with van der Waals surface area (Å²) in [5.74, 6) is -1.18. The van der Waals surface area contributed by atoms with E-state index in [2.05, 4.69) is 15.4 Å². The molecule has 0 saturated heterocycles. The number of carbonyl (C=O) groups is 2. The first-order chi connectivity index (χ1) is 19.2. The molecule has 3 aromatic carbocycles. The maximum atomic E-state index is 13.9. The van der Waals surface area contributed by atoms with Crippen LogP contribution in [0.5, 0.6) is 5.88 Å². The van der Waals surface area contributed by atoms with Crippen LogP contribution in [0.4, 0.5) is 10.1 Å². The minimum absolute atomic E-state index is 0.0629. The first-order valence-corrected chi connectivity index (χ1v) is 12.7. The molecule has 0 fully saturated rings. The van der Waals surface area contributed by atoms with Gasteiger partial charge in [0.25, 0.3) is 11.8 Å². The number of amides is 2. The third-order valence-corrected chi connectivity index (χ3v) is 6.52. The topological polar surface area (TPSA) is 87.1 Å². The zero-order chi connectivity index (χ0) is 28.4. The highest BCUT2D eigenvalue weighted by Crippen LogP contribution is 2.27. The highest BCUT2D eigenvalue weighted by Gasteiger charge is 2.32. The number of rotatable bonds is 7. The lowest BCUT2D eigenvalue weighted by Crippen LogP contribution is -2.49. The minimum atomic E-state index is -0.592. The zero-order valence-corrected chi connectivity index (χ0v) is 22.7. The Hall–Kier alpha value is -4.76. The van der Waals surface area contributed by atoms with Crippen LogP contribution < -0.4 is 15.1 Å². The fourth-order valence-electron chi connectivity index (χ4n) is 4.16. The number of aliphatic imine (C=N–C) groups is 1. The number of pyridine rings is 1. The number of hydrazine groups is 1. The first-order valence-electron chi connectivity index (χ1n) is 12.4. The van der Waals surface area contributed by atoms with Gasteiger partial charge in [-0.15, -0.1) is 0 Å². The highest BCUT2D eigenvalue weighted by molar-refractivity contribution is 6.31. The molecule has 40 heavy (non-hydrogen) atoms. The summed E-state index contributed by atoms with van der Waals surface area (Å²) in [5, 5.41) is 1.63. The van der Waals surface area contributed by atoms with E-state index in [1.807, 2.05) is 61.5 Å². The normalized spacial score (nSPS) is 14.0. The molecule has 1 N–H and O–H groups in total. The number of aryl methyl sites for hydroxylation is 1. The van der Waals surface area contributed by atoms with Gasteiger partial charge in [-0.2, -0.15) is 5.01 Å². The first kappa shape index (κ1) is 26.8. The van der Waals surface area contributed by atoms with Gasteiger partial charge in [-0.05, 0) is 48.4 Å². The zero-order valence-electron chi connectivity index (χ0n) is 22.0. The molecule has 0 bridgehead atoms. The number of hydrogen-bond donors (Lipinski definition) is 1. The number of halogens is 2. The van der Waals surface area contributed by atoms with Crippen molar-refractivity contribution >= 4 is 51.9 Å². The van der Waals surface area contributed by atoms with Crippen molar-refractivity contribution in [3.8, 4) is 5.88 Å². The van der Waals surface area contributed by atoms with Gasteiger partial charge in [0.2, 0.25) is 5.88 Å². The molecule has 202 valence electrons.